The minimum Gasteiger partial charge on any atom is -0.260 e. The van der Waals surface area contributed by atoms with E-state index in [0.717, 1.165) is 12.1 Å². The van der Waals surface area contributed by atoms with E-state index in [1.165, 1.54) is 5.56 Å². The molecule has 0 fully saturated rings. The van der Waals surface area contributed by atoms with Gasteiger partial charge in [-0.3, -0.25) is 4.98 Å². The fourth-order valence-corrected chi connectivity index (χ4v) is 1.43. The van der Waals surface area contributed by atoms with Crippen molar-refractivity contribution in [2.45, 2.75) is 32.4 Å². The molecular weight excluding hydrogens is 178 g/mol. The average molecular weight is 195 g/mol. The number of aromatic nitrogens is 1. The lowest BCUT2D eigenvalue weighted by Gasteiger charge is -2.06. The zero-order valence-electron chi connectivity index (χ0n) is 8.49. The highest BCUT2D eigenvalue weighted by Gasteiger charge is 2.02. The van der Waals surface area contributed by atoms with Gasteiger partial charge in [0.15, 0.2) is 0 Å². The monoisotopic (exact) mass is 195 g/mol. The zero-order chi connectivity index (χ0) is 9.84. The molecule has 0 aromatic carbocycles. The molecule has 0 saturated carbocycles. The Morgan fingerprint density at radius 1 is 1.31 bits per heavy atom. The Balaban J connectivity index is 2.70. The van der Waals surface area contributed by atoms with Crippen LogP contribution in [0.2, 0.25) is 0 Å². The van der Waals surface area contributed by atoms with Crippen molar-refractivity contribution < 1.29 is 0 Å². The van der Waals surface area contributed by atoms with E-state index in [4.69, 9.17) is 0 Å². The molecule has 0 N–H and O–H groups in total. The highest BCUT2D eigenvalue weighted by Crippen LogP contribution is 2.16. The van der Waals surface area contributed by atoms with E-state index in [-0.39, 0.29) is 5.25 Å². The molecule has 13 heavy (non-hydrogen) atoms. The molecule has 0 bridgehead atoms. The largest absolute Gasteiger partial charge is 0.260 e. The summed E-state index contributed by atoms with van der Waals surface area (Å²) < 4.78 is 0. The molecule has 1 unspecified atom stereocenters. The van der Waals surface area contributed by atoms with Gasteiger partial charge in [-0.25, -0.2) is 0 Å². The van der Waals surface area contributed by atoms with Gasteiger partial charge in [-0.05, 0) is 30.9 Å². The lowest BCUT2D eigenvalue weighted by atomic mass is 10.0. The Kier molecular flexibility index (Phi) is 3.79. The van der Waals surface area contributed by atoms with Crippen LogP contribution >= 0.6 is 12.6 Å². The summed E-state index contributed by atoms with van der Waals surface area (Å²) in [6, 6.07) is 4.21. The quantitative estimate of drug-likeness (QED) is 0.730. The van der Waals surface area contributed by atoms with Crippen molar-refractivity contribution in [1.29, 1.82) is 0 Å². The van der Waals surface area contributed by atoms with Crippen molar-refractivity contribution in [1.82, 2.24) is 4.98 Å². The molecule has 72 valence electrons. The highest BCUT2D eigenvalue weighted by atomic mass is 32.1. The summed E-state index contributed by atoms with van der Waals surface area (Å²) in [4.78, 5) is 4.35. The summed E-state index contributed by atoms with van der Waals surface area (Å²) >= 11 is 4.33. The SMILES string of the molecule is CC(C)Cc1ccc(C(C)S)nc1. The van der Waals surface area contributed by atoms with E-state index in [0.29, 0.717) is 5.92 Å². The predicted molar refractivity (Wildman–Crippen MR) is 60.2 cm³/mol. The van der Waals surface area contributed by atoms with E-state index < -0.39 is 0 Å². The highest BCUT2D eigenvalue weighted by molar-refractivity contribution is 7.80. The van der Waals surface area contributed by atoms with Gasteiger partial charge in [0.1, 0.15) is 0 Å². The Morgan fingerprint density at radius 2 is 2.00 bits per heavy atom. The van der Waals surface area contributed by atoms with Crippen LogP contribution in [-0.2, 0) is 6.42 Å². The van der Waals surface area contributed by atoms with Gasteiger partial charge in [0.2, 0.25) is 0 Å². The van der Waals surface area contributed by atoms with Crippen LogP contribution in [0, 0.1) is 5.92 Å². The Morgan fingerprint density at radius 3 is 2.38 bits per heavy atom. The molecule has 2 heteroatoms. The van der Waals surface area contributed by atoms with Crippen molar-refractivity contribution in [2.24, 2.45) is 5.92 Å². The number of nitrogens with zero attached hydrogens (tertiary/aromatic N) is 1. The lowest BCUT2D eigenvalue weighted by Crippen LogP contribution is -1.96. The van der Waals surface area contributed by atoms with Crippen LogP contribution in [0.1, 0.15) is 37.3 Å². The van der Waals surface area contributed by atoms with Gasteiger partial charge >= 0.3 is 0 Å². The van der Waals surface area contributed by atoms with Crippen molar-refractivity contribution in [2.75, 3.05) is 0 Å². The third kappa shape index (κ3) is 3.39. The maximum absolute atomic E-state index is 4.35. The molecule has 1 rings (SSSR count). The number of hydrogen-bond acceptors (Lipinski definition) is 2. The van der Waals surface area contributed by atoms with Crippen molar-refractivity contribution >= 4 is 12.6 Å². The van der Waals surface area contributed by atoms with Gasteiger partial charge in [0.25, 0.3) is 0 Å². The summed E-state index contributed by atoms with van der Waals surface area (Å²) in [7, 11) is 0. The summed E-state index contributed by atoms with van der Waals surface area (Å²) in [5.41, 5.74) is 2.36. The average Bonchev–Trinajstić information content (AvgIpc) is 2.04. The van der Waals surface area contributed by atoms with E-state index >= 15 is 0 Å². The van der Waals surface area contributed by atoms with Crippen LogP contribution in [-0.4, -0.2) is 4.98 Å². The zero-order valence-corrected chi connectivity index (χ0v) is 9.38. The first-order valence-electron chi connectivity index (χ1n) is 4.72. The fraction of sp³-hybridized carbons (Fsp3) is 0.545. The molecule has 1 aromatic rings. The smallest absolute Gasteiger partial charge is 0.0528 e. The second-order valence-corrected chi connectivity index (χ2v) is 4.64. The third-order valence-corrected chi connectivity index (χ3v) is 2.18. The van der Waals surface area contributed by atoms with Crippen LogP contribution in [0.3, 0.4) is 0 Å². The molecule has 1 aromatic heterocycles. The van der Waals surface area contributed by atoms with Crippen molar-refractivity contribution in [3.63, 3.8) is 0 Å². The molecule has 0 aliphatic rings. The van der Waals surface area contributed by atoms with E-state index in [1.54, 1.807) is 0 Å². The lowest BCUT2D eigenvalue weighted by molar-refractivity contribution is 0.645. The van der Waals surface area contributed by atoms with E-state index in [2.05, 4.69) is 43.6 Å². The molecular formula is C11H17NS. The van der Waals surface area contributed by atoms with Gasteiger partial charge < -0.3 is 0 Å². The first kappa shape index (κ1) is 10.6. The van der Waals surface area contributed by atoms with Gasteiger partial charge in [-0.2, -0.15) is 12.6 Å². The topological polar surface area (TPSA) is 12.9 Å². The summed E-state index contributed by atoms with van der Waals surface area (Å²) in [5, 5.41) is 0.230. The summed E-state index contributed by atoms with van der Waals surface area (Å²) in [6.45, 7) is 6.47. The second kappa shape index (κ2) is 4.66. The molecule has 0 radical (unpaired) electrons. The predicted octanol–water partition coefficient (Wildman–Crippen LogP) is 3.27. The molecule has 0 spiro atoms. The Hall–Kier alpha value is -0.500. The molecule has 0 amide bonds. The second-order valence-electron chi connectivity index (χ2n) is 3.87. The summed E-state index contributed by atoms with van der Waals surface area (Å²) in [5.74, 6) is 0.695. The van der Waals surface area contributed by atoms with Crippen LogP contribution in [0.15, 0.2) is 18.3 Å². The van der Waals surface area contributed by atoms with Crippen LogP contribution in [0.4, 0.5) is 0 Å². The first-order valence-corrected chi connectivity index (χ1v) is 5.24. The molecule has 0 aliphatic carbocycles. The molecule has 1 atom stereocenters. The van der Waals surface area contributed by atoms with Gasteiger partial charge in [0, 0.05) is 11.4 Å². The fourth-order valence-electron chi connectivity index (χ4n) is 1.28. The molecule has 0 saturated heterocycles. The molecule has 0 aliphatic heterocycles. The summed E-state index contributed by atoms with van der Waals surface area (Å²) in [6.07, 6.45) is 3.07. The number of pyridine rings is 1. The van der Waals surface area contributed by atoms with Crippen LogP contribution < -0.4 is 0 Å². The Labute approximate surface area is 86.0 Å². The molecule has 1 nitrogen and oxygen atoms in total. The first-order chi connectivity index (χ1) is 6.09. The number of hydrogen-bond donors (Lipinski definition) is 1. The van der Waals surface area contributed by atoms with Gasteiger partial charge in [-0.15, -0.1) is 0 Å². The standard InChI is InChI=1S/C11H17NS/c1-8(2)6-10-4-5-11(9(3)13)12-7-10/h4-5,7-9,13H,6H2,1-3H3. The Bertz CT molecular complexity index is 251. The van der Waals surface area contributed by atoms with Crippen molar-refractivity contribution in [3.05, 3.63) is 29.6 Å². The minimum absolute atomic E-state index is 0.230. The number of rotatable bonds is 3. The maximum Gasteiger partial charge on any atom is 0.0528 e. The number of thiol groups is 1. The van der Waals surface area contributed by atoms with Gasteiger partial charge in [-0.1, -0.05) is 19.9 Å². The molecule has 1 heterocycles. The normalized spacial score (nSPS) is 13.3. The van der Waals surface area contributed by atoms with E-state index in [9.17, 15) is 0 Å². The minimum atomic E-state index is 0.230. The van der Waals surface area contributed by atoms with Crippen LogP contribution in [0.5, 0.6) is 0 Å². The van der Waals surface area contributed by atoms with E-state index in [1.807, 2.05) is 13.1 Å². The third-order valence-electron chi connectivity index (χ3n) is 1.92. The van der Waals surface area contributed by atoms with Gasteiger partial charge in [0.05, 0.1) is 5.69 Å². The maximum atomic E-state index is 4.35. The van der Waals surface area contributed by atoms with Crippen molar-refractivity contribution in [3.8, 4) is 0 Å². The van der Waals surface area contributed by atoms with Crippen LogP contribution in [0.25, 0.3) is 0 Å².